The molecule has 0 amide bonds. The van der Waals surface area contributed by atoms with Gasteiger partial charge in [-0.15, -0.1) is 0 Å². The third-order valence-corrected chi connectivity index (χ3v) is 4.22. The van der Waals surface area contributed by atoms with Crippen molar-refractivity contribution in [2.24, 2.45) is 0 Å². The van der Waals surface area contributed by atoms with Crippen LogP contribution in [0.2, 0.25) is 5.02 Å². The Morgan fingerprint density at radius 3 is 1.56 bits per heavy atom. The summed E-state index contributed by atoms with van der Waals surface area (Å²) >= 11 is 6.02. The Hall–Kier alpha value is -2.97. The van der Waals surface area contributed by atoms with Crippen molar-refractivity contribution in [1.82, 2.24) is 9.97 Å². The van der Waals surface area contributed by atoms with Gasteiger partial charge in [0.05, 0.1) is 11.4 Å². The number of aromatic nitrogens is 2. The molecule has 2 nitrogen and oxygen atoms in total. The van der Waals surface area contributed by atoms with Crippen LogP contribution in [0.3, 0.4) is 0 Å². The molecule has 120 valence electrons. The van der Waals surface area contributed by atoms with Crippen LogP contribution in [0.5, 0.6) is 0 Å². The van der Waals surface area contributed by atoms with Gasteiger partial charge < -0.3 is 0 Å². The Balaban J connectivity index is 1.90. The summed E-state index contributed by atoms with van der Waals surface area (Å²) in [6, 6.07) is 29.9. The Morgan fingerprint density at radius 2 is 1.00 bits per heavy atom. The van der Waals surface area contributed by atoms with Crippen molar-refractivity contribution in [2.45, 2.75) is 0 Å². The molecule has 0 saturated heterocycles. The van der Waals surface area contributed by atoms with Gasteiger partial charge in [0.25, 0.3) is 0 Å². The fourth-order valence-corrected chi connectivity index (χ4v) is 2.81. The van der Waals surface area contributed by atoms with Crippen LogP contribution in [0.4, 0.5) is 0 Å². The van der Waals surface area contributed by atoms with E-state index in [1.165, 1.54) is 0 Å². The van der Waals surface area contributed by atoms with Gasteiger partial charge in [0.15, 0.2) is 5.82 Å². The van der Waals surface area contributed by atoms with Gasteiger partial charge in [-0.25, -0.2) is 9.97 Å². The van der Waals surface area contributed by atoms with Crippen molar-refractivity contribution in [3.63, 3.8) is 0 Å². The number of hydrogen-bond acceptors (Lipinski definition) is 2. The molecule has 3 aromatic carbocycles. The zero-order valence-corrected chi connectivity index (χ0v) is 14.2. The third-order valence-electron chi connectivity index (χ3n) is 3.97. The largest absolute Gasteiger partial charge is 0.228 e. The minimum absolute atomic E-state index is 0.712. The fourth-order valence-electron chi connectivity index (χ4n) is 2.69. The molecular formula is C22H15ClN2. The standard InChI is InChI=1S/C22H15ClN2/c23-19-13-11-17(12-14-19)21-15-20(16-7-3-1-4-8-16)24-22(25-21)18-9-5-2-6-10-18/h1-15H. The van der Waals surface area contributed by atoms with Gasteiger partial charge in [-0.3, -0.25) is 0 Å². The molecule has 0 aliphatic carbocycles. The van der Waals surface area contributed by atoms with E-state index in [9.17, 15) is 0 Å². The lowest BCUT2D eigenvalue weighted by atomic mass is 10.1. The van der Waals surface area contributed by atoms with E-state index in [0.717, 1.165) is 28.1 Å². The first kappa shape index (κ1) is 15.6. The molecule has 0 atom stereocenters. The molecule has 4 aromatic rings. The van der Waals surface area contributed by atoms with Crippen LogP contribution in [0.25, 0.3) is 33.9 Å². The number of halogens is 1. The lowest BCUT2D eigenvalue weighted by Gasteiger charge is -2.09. The van der Waals surface area contributed by atoms with Gasteiger partial charge in [-0.05, 0) is 18.2 Å². The molecule has 0 aliphatic rings. The van der Waals surface area contributed by atoms with E-state index in [-0.39, 0.29) is 0 Å². The quantitative estimate of drug-likeness (QED) is 0.447. The molecule has 1 heterocycles. The number of nitrogens with zero attached hydrogens (tertiary/aromatic N) is 2. The number of rotatable bonds is 3. The van der Waals surface area contributed by atoms with Crippen molar-refractivity contribution in [2.75, 3.05) is 0 Å². The van der Waals surface area contributed by atoms with E-state index >= 15 is 0 Å². The van der Waals surface area contributed by atoms with Crippen LogP contribution in [-0.4, -0.2) is 9.97 Å². The van der Waals surface area contributed by atoms with Crippen LogP contribution in [-0.2, 0) is 0 Å². The van der Waals surface area contributed by atoms with Gasteiger partial charge in [0.1, 0.15) is 0 Å². The predicted octanol–water partition coefficient (Wildman–Crippen LogP) is 6.13. The molecule has 25 heavy (non-hydrogen) atoms. The molecule has 0 aliphatic heterocycles. The SMILES string of the molecule is Clc1ccc(-c2cc(-c3ccccc3)nc(-c3ccccc3)n2)cc1. The van der Waals surface area contributed by atoms with Crippen LogP contribution < -0.4 is 0 Å². The highest BCUT2D eigenvalue weighted by Crippen LogP contribution is 2.27. The fraction of sp³-hybridized carbons (Fsp3) is 0. The molecule has 0 unspecified atom stereocenters. The van der Waals surface area contributed by atoms with Gasteiger partial charge in [-0.1, -0.05) is 84.4 Å². The summed E-state index contributed by atoms with van der Waals surface area (Å²) in [5, 5.41) is 0.712. The minimum atomic E-state index is 0.712. The van der Waals surface area contributed by atoms with Crippen LogP contribution in [0.15, 0.2) is 91.0 Å². The average molecular weight is 343 g/mol. The molecule has 0 fully saturated rings. The van der Waals surface area contributed by atoms with E-state index in [4.69, 9.17) is 21.6 Å². The summed E-state index contributed by atoms with van der Waals surface area (Å²) in [6.45, 7) is 0. The zero-order chi connectivity index (χ0) is 17.1. The molecule has 0 radical (unpaired) electrons. The molecular weight excluding hydrogens is 328 g/mol. The summed E-state index contributed by atoms with van der Waals surface area (Å²) in [4.78, 5) is 9.55. The van der Waals surface area contributed by atoms with Gasteiger partial charge in [0, 0.05) is 21.7 Å². The molecule has 0 N–H and O–H groups in total. The van der Waals surface area contributed by atoms with E-state index in [2.05, 4.69) is 12.1 Å². The van der Waals surface area contributed by atoms with E-state index < -0.39 is 0 Å². The van der Waals surface area contributed by atoms with E-state index in [1.807, 2.05) is 78.9 Å². The van der Waals surface area contributed by atoms with Gasteiger partial charge in [-0.2, -0.15) is 0 Å². The second-order valence-electron chi connectivity index (χ2n) is 5.70. The Labute approximate surface area is 151 Å². The van der Waals surface area contributed by atoms with Crippen molar-refractivity contribution < 1.29 is 0 Å². The summed E-state index contributed by atoms with van der Waals surface area (Å²) in [5.41, 5.74) is 4.86. The second-order valence-corrected chi connectivity index (χ2v) is 6.14. The number of hydrogen-bond donors (Lipinski definition) is 0. The zero-order valence-electron chi connectivity index (χ0n) is 13.4. The van der Waals surface area contributed by atoms with Crippen LogP contribution in [0, 0.1) is 0 Å². The molecule has 0 saturated carbocycles. The number of benzene rings is 3. The van der Waals surface area contributed by atoms with Crippen molar-refractivity contribution in [3.8, 4) is 33.9 Å². The second kappa shape index (κ2) is 6.88. The van der Waals surface area contributed by atoms with E-state index in [0.29, 0.717) is 10.8 Å². The third kappa shape index (κ3) is 3.44. The maximum absolute atomic E-state index is 6.02. The van der Waals surface area contributed by atoms with Crippen molar-refractivity contribution in [1.29, 1.82) is 0 Å². The lowest BCUT2D eigenvalue weighted by Crippen LogP contribution is -1.95. The maximum Gasteiger partial charge on any atom is 0.160 e. The summed E-state index contributed by atoms with van der Waals surface area (Å²) < 4.78 is 0. The monoisotopic (exact) mass is 342 g/mol. The summed E-state index contributed by atoms with van der Waals surface area (Å²) in [5.74, 6) is 0.715. The highest BCUT2D eigenvalue weighted by atomic mass is 35.5. The van der Waals surface area contributed by atoms with Crippen molar-refractivity contribution in [3.05, 3.63) is 96.0 Å². The maximum atomic E-state index is 6.02. The first-order valence-corrected chi connectivity index (χ1v) is 8.43. The van der Waals surface area contributed by atoms with Crippen LogP contribution in [0.1, 0.15) is 0 Å². The average Bonchev–Trinajstić information content (AvgIpc) is 2.69. The Kier molecular flexibility index (Phi) is 4.28. The van der Waals surface area contributed by atoms with Crippen molar-refractivity contribution >= 4 is 11.6 Å². The summed E-state index contributed by atoms with van der Waals surface area (Å²) in [6.07, 6.45) is 0. The smallest absolute Gasteiger partial charge is 0.160 e. The first-order chi connectivity index (χ1) is 12.3. The normalized spacial score (nSPS) is 10.6. The summed E-state index contributed by atoms with van der Waals surface area (Å²) in [7, 11) is 0. The lowest BCUT2D eigenvalue weighted by molar-refractivity contribution is 1.18. The Bertz CT molecular complexity index is 924. The molecule has 1 aromatic heterocycles. The highest BCUT2D eigenvalue weighted by molar-refractivity contribution is 6.30. The molecule has 3 heteroatoms. The van der Waals surface area contributed by atoms with Gasteiger partial charge >= 0.3 is 0 Å². The Morgan fingerprint density at radius 1 is 0.520 bits per heavy atom. The highest BCUT2D eigenvalue weighted by Gasteiger charge is 2.10. The first-order valence-electron chi connectivity index (χ1n) is 8.05. The van der Waals surface area contributed by atoms with Gasteiger partial charge in [0.2, 0.25) is 0 Å². The van der Waals surface area contributed by atoms with Crippen LogP contribution >= 0.6 is 11.6 Å². The topological polar surface area (TPSA) is 25.8 Å². The minimum Gasteiger partial charge on any atom is -0.228 e. The molecule has 4 rings (SSSR count). The molecule has 0 spiro atoms. The molecule has 0 bridgehead atoms. The predicted molar refractivity (Wildman–Crippen MR) is 103 cm³/mol. The van der Waals surface area contributed by atoms with E-state index in [1.54, 1.807) is 0 Å².